The van der Waals surface area contributed by atoms with Gasteiger partial charge in [0.1, 0.15) is 5.82 Å². The fourth-order valence-corrected chi connectivity index (χ4v) is 5.68. The van der Waals surface area contributed by atoms with E-state index in [4.69, 9.17) is 0 Å². The number of fused-ring (bicyclic) bond motifs is 1. The van der Waals surface area contributed by atoms with Crippen molar-refractivity contribution in [3.05, 3.63) is 65.0 Å². The van der Waals surface area contributed by atoms with Gasteiger partial charge in [-0.05, 0) is 42.3 Å². The van der Waals surface area contributed by atoms with Crippen LogP contribution in [0.2, 0.25) is 0 Å². The first kappa shape index (κ1) is 18.0. The highest BCUT2D eigenvalue weighted by Gasteiger charge is 2.44. The number of hydrogen-bond acceptors (Lipinski definition) is 7. The van der Waals surface area contributed by atoms with Crippen LogP contribution >= 0.6 is 22.7 Å². The molecule has 7 nitrogen and oxygen atoms in total. The predicted octanol–water partition coefficient (Wildman–Crippen LogP) is 1.73. The van der Waals surface area contributed by atoms with Crippen molar-refractivity contribution in [2.45, 2.75) is 39.4 Å². The third-order valence-corrected chi connectivity index (χ3v) is 7.27. The van der Waals surface area contributed by atoms with Crippen LogP contribution in [0.25, 0.3) is 0 Å². The van der Waals surface area contributed by atoms with Crippen molar-refractivity contribution in [2.24, 2.45) is 5.41 Å². The average molecular weight is 416 g/mol. The Morgan fingerprint density at radius 1 is 1.18 bits per heavy atom. The molecule has 3 aromatic heterocycles. The molecule has 0 bridgehead atoms. The van der Waals surface area contributed by atoms with Crippen LogP contribution in [-0.4, -0.2) is 37.3 Å². The van der Waals surface area contributed by atoms with E-state index in [2.05, 4.69) is 31.8 Å². The molecule has 9 heteroatoms. The maximum absolute atomic E-state index is 12.7. The zero-order valence-corrected chi connectivity index (χ0v) is 17.3. The Morgan fingerprint density at radius 2 is 2.07 bits per heavy atom. The first-order valence-electron chi connectivity index (χ1n) is 9.37. The molecule has 1 atom stereocenters. The summed E-state index contributed by atoms with van der Waals surface area (Å²) in [7, 11) is 0. The van der Waals surface area contributed by atoms with Crippen LogP contribution in [0, 0.1) is 12.3 Å². The van der Waals surface area contributed by atoms with Gasteiger partial charge in [0.15, 0.2) is 0 Å². The Balaban J connectivity index is 1.38. The molecular formula is C19H21N5O2S2. The van der Waals surface area contributed by atoms with Gasteiger partial charge in [0.25, 0.3) is 0 Å². The number of hydrogen-bond donors (Lipinski definition) is 0. The van der Waals surface area contributed by atoms with E-state index in [-0.39, 0.29) is 12.0 Å². The number of likely N-dealkylation sites (tertiary alicyclic amines) is 1. The molecular weight excluding hydrogens is 394 g/mol. The van der Waals surface area contributed by atoms with Gasteiger partial charge in [0, 0.05) is 36.9 Å². The Bertz CT molecular complexity index is 1130. The molecule has 5 rings (SSSR count). The molecule has 0 aromatic carbocycles. The number of aromatic nitrogens is 4. The van der Waals surface area contributed by atoms with Crippen molar-refractivity contribution in [1.82, 2.24) is 24.2 Å². The fourth-order valence-electron chi connectivity index (χ4n) is 4.42. The van der Waals surface area contributed by atoms with Crippen molar-refractivity contribution in [1.29, 1.82) is 0 Å². The van der Waals surface area contributed by atoms with Crippen molar-refractivity contribution in [3.8, 4) is 0 Å². The molecule has 0 radical (unpaired) electrons. The van der Waals surface area contributed by atoms with Gasteiger partial charge in [-0.15, -0.1) is 11.3 Å². The topological polar surface area (TPSA) is 73.0 Å². The van der Waals surface area contributed by atoms with Gasteiger partial charge in [-0.3, -0.25) is 19.1 Å². The number of thiophene rings is 1. The molecule has 1 spiro atoms. The molecule has 3 aromatic rings. The van der Waals surface area contributed by atoms with Gasteiger partial charge >= 0.3 is 11.1 Å². The number of rotatable bonds is 4. The summed E-state index contributed by atoms with van der Waals surface area (Å²) >= 11 is 3.25. The second kappa shape index (κ2) is 6.75. The molecule has 5 heterocycles. The summed E-state index contributed by atoms with van der Waals surface area (Å²) in [5, 5.41) is 11.7. The molecule has 0 aliphatic carbocycles. The molecule has 1 fully saturated rings. The Kier molecular flexibility index (Phi) is 4.33. The lowest BCUT2D eigenvalue weighted by atomic mass is 9.86. The zero-order valence-electron chi connectivity index (χ0n) is 15.6. The van der Waals surface area contributed by atoms with Gasteiger partial charge < -0.3 is 0 Å². The lowest BCUT2D eigenvalue weighted by Crippen LogP contribution is -2.43. The molecule has 28 heavy (non-hydrogen) atoms. The van der Waals surface area contributed by atoms with Crippen molar-refractivity contribution in [3.63, 3.8) is 0 Å². The first-order chi connectivity index (χ1) is 13.5. The highest BCUT2D eigenvalue weighted by atomic mass is 32.1. The molecule has 146 valence electrons. The summed E-state index contributed by atoms with van der Waals surface area (Å²) in [5.74, 6) is 0.730. The van der Waals surface area contributed by atoms with Gasteiger partial charge in [-0.1, -0.05) is 0 Å². The number of thiazole rings is 1. The van der Waals surface area contributed by atoms with Crippen LogP contribution in [0.1, 0.15) is 28.5 Å². The number of aryl methyl sites for hydroxylation is 1. The molecule has 0 N–H and O–H groups in total. The fraction of sp³-hybridized carbons (Fsp3) is 0.474. The van der Waals surface area contributed by atoms with Crippen LogP contribution in [0.3, 0.4) is 0 Å². The Morgan fingerprint density at radius 3 is 2.82 bits per heavy atom. The minimum absolute atomic E-state index is 0.0119. The summed E-state index contributed by atoms with van der Waals surface area (Å²) in [6.07, 6.45) is 1.78. The molecule has 2 aliphatic heterocycles. The van der Waals surface area contributed by atoms with E-state index >= 15 is 0 Å². The molecule has 0 saturated carbocycles. The normalized spacial score (nSPS) is 21.6. The second-order valence-electron chi connectivity index (χ2n) is 7.90. The number of nitrogens with zero attached hydrogens (tertiary/aromatic N) is 5. The third-order valence-electron chi connectivity index (χ3n) is 5.72. The summed E-state index contributed by atoms with van der Waals surface area (Å²) in [6, 6.07) is 2.16. The minimum Gasteiger partial charge on any atom is -0.298 e. The summed E-state index contributed by atoms with van der Waals surface area (Å²) < 4.78 is 2.90. The molecule has 1 saturated heterocycles. The summed E-state index contributed by atoms with van der Waals surface area (Å²) in [5.41, 5.74) is 1.12. The van der Waals surface area contributed by atoms with E-state index in [1.807, 2.05) is 12.3 Å². The van der Waals surface area contributed by atoms with Crippen molar-refractivity contribution >= 4 is 22.7 Å². The van der Waals surface area contributed by atoms with E-state index in [0.29, 0.717) is 6.54 Å². The zero-order chi connectivity index (χ0) is 19.3. The SMILES string of the molecule is Cc1nc(Cn2nc3n(c(=O)c2=O)C[C@@]2(CCN(Cc4ccsc4)C2)C3)cs1. The van der Waals surface area contributed by atoms with E-state index in [0.717, 1.165) is 49.0 Å². The minimum atomic E-state index is -0.556. The predicted molar refractivity (Wildman–Crippen MR) is 109 cm³/mol. The maximum atomic E-state index is 12.7. The van der Waals surface area contributed by atoms with Crippen LogP contribution < -0.4 is 11.1 Å². The summed E-state index contributed by atoms with van der Waals surface area (Å²) in [4.78, 5) is 32.1. The van der Waals surface area contributed by atoms with Gasteiger partial charge in [0.05, 0.1) is 17.2 Å². The Labute approximate surface area is 169 Å². The third kappa shape index (κ3) is 3.17. The van der Waals surface area contributed by atoms with Gasteiger partial charge in [-0.25, -0.2) is 9.67 Å². The van der Waals surface area contributed by atoms with Gasteiger partial charge in [0.2, 0.25) is 0 Å². The van der Waals surface area contributed by atoms with Crippen LogP contribution in [-0.2, 0) is 26.1 Å². The highest BCUT2D eigenvalue weighted by molar-refractivity contribution is 7.09. The quantitative estimate of drug-likeness (QED) is 0.607. The maximum Gasteiger partial charge on any atom is 0.332 e. The smallest absolute Gasteiger partial charge is 0.298 e. The van der Waals surface area contributed by atoms with Crippen LogP contribution in [0.5, 0.6) is 0 Å². The monoisotopic (exact) mass is 415 g/mol. The van der Waals surface area contributed by atoms with E-state index in [9.17, 15) is 9.59 Å². The lowest BCUT2D eigenvalue weighted by Gasteiger charge is -2.22. The average Bonchev–Trinajstić information content (AvgIpc) is 3.44. The highest BCUT2D eigenvalue weighted by Crippen LogP contribution is 2.39. The van der Waals surface area contributed by atoms with Crippen molar-refractivity contribution < 1.29 is 0 Å². The lowest BCUT2D eigenvalue weighted by molar-refractivity contribution is 0.246. The summed E-state index contributed by atoms with van der Waals surface area (Å²) in [6.45, 7) is 5.67. The largest absolute Gasteiger partial charge is 0.332 e. The van der Waals surface area contributed by atoms with E-state index in [1.165, 1.54) is 21.6 Å². The van der Waals surface area contributed by atoms with Crippen LogP contribution in [0.4, 0.5) is 0 Å². The Hall–Kier alpha value is -2.10. The molecule has 0 amide bonds. The van der Waals surface area contributed by atoms with Crippen LogP contribution in [0.15, 0.2) is 31.8 Å². The van der Waals surface area contributed by atoms with Crippen molar-refractivity contribution in [2.75, 3.05) is 13.1 Å². The second-order valence-corrected chi connectivity index (χ2v) is 9.74. The van der Waals surface area contributed by atoms with Gasteiger partial charge in [-0.2, -0.15) is 16.4 Å². The standard InChI is InChI=1S/C19H21N5O2S2/c1-13-20-15(10-28-13)8-24-18(26)17(25)23-12-19(6-16(23)21-24)3-4-22(11-19)7-14-2-5-27-9-14/h2,5,9-10H,3-4,6-8,11-12H2,1H3/t19-/m0/s1. The molecule has 0 unspecified atom stereocenters. The van der Waals surface area contributed by atoms with E-state index < -0.39 is 11.1 Å². The first-order valence-corrected chi connectivity index (χ1v) is 11.2. The molecule has 2 aliphatic rings. The van der Waals surface area contributed by atoms with E-state index in [1.54, 1.807) is 15.9 Å².